The van der Waals surface area contributed by atoms with Gasteiger partial charge < -0.3 is 25.3 Å². The van der Waals surface area contributed by atoms with Gasteiger partial charge in [0.2, 0.25) is 0 Å². The summed E-state index contributed by atoms with van der Waals surface area (Å²) in [5, 5.41) is 5.95. The lowest BCUT2D eigenvalue weighted by Crippen LogP contribution is -2.47. The Labute approximate surface area is 233 Å². The molecule has 0 saturated carbocycles. The molecule has 8 nitrogen and oxygen atoms in total. The topological polar surface area (TPSA) is 90.2 Å². The number of benzene rings is 2. The third-order valence-electron chi connectivity index (χ3n) is 8.11. The summed E-state index contributed by atoms with van der Waals surface area (Å²) < 4.78 is 5.33. The largest absolute Gasteiger partial charge is 0.496 e. The van der Waals surface area contributed by atoms with Crippen LogP contribution in [0.4, 0.5) is 0 Å². The number of fused-ring (bicyclic) bond motifs is 1. The van der Waals surface area contributed by atoms with Crippen molar-refractivity contribution in [1.82, 2.24) is 19.8 Å². The molecule has 3 aromatic rings. The fraction of sp³-hybridized carbons (Fsp3) is 0.548. The first kappa shape index (κ1) is 29.1. The summed E-state index contributed by atoms with van der Waals surface area (Å²) >= 11 is 0. The first-order chi connectivity index (χ1) is 19.2. The first-order valence-electron chi connectivity index (χ1n) is 14.6. The molecule has 2 saturated heterocycles. The van der Waals surface area contributed by atoms with Gasteiger partial charge >= 0.3 is 0 Å². The monoisotopic (exact) mass is 534 g/mol. The number of aromatic nitrogens is 1. The van der Waals surface area contributed by atoms with E-state index in [9.17, 15) is 4.91 Å². The van der Waals surface area contributed by atoms with Crippen LogP contribution in [0, 0.1) is 4.91 Å². The highest BCUT2D eigenvalue weighted by molar-refractivity contribution is 5.82. The number of nitrogens with zero attached hydrogens (tertiary/aromatic N) is 4. The SMILES string of the molecule is COc1ccccc1CN(CCCc1c[nH]c2ccccc12)N=O.NCCN1CCC(N2CCCCC2)CC1. The summed E-state index contributed by atoms with van der Waals surface area (Å²) in [5.74, 6) is 0.780. The Morgan fingerprint density at radius 3 is 2.49 bits per heavy atom. The predicted octanol–water partition coefficient (Wildman–Crippen LogP) is 5.19. The van der Waals surface area contributed by atoms with Crippen molar-refractivity contribution in [3.8, 4) is 5.75 Å². The molecule has 0 bridgehead atoms. The maximum Gasteiger partial charge on any atom is 0.123 e. The van der Waals surface area contributed by atoms with Gasteiger partial charge in [0, 0.05) is 48.3 Å². The number of hydrogen-bond acceptors (Lipinski definition) is 6. The number of aryl methyl sites for hydroxylation is 1. The van der Waals surface area contributed by atoms with Gasteiger partial charge in [0.05, 0.1) is 18.9 Å². The van der Waals surface area contributed by atoms with E-state index in [0.717, 1.165) is 48.8 Å². The average molecular weight is 535 g/mol. The van der Waals surface area contributed by atoms with Crippen LogP contribution in [0.25, 0.3) is 10.9 Å². The van der Waals surface area contributed by atoms with Crippen molar-refractivity contribution in [3.63, 3.8) is 0 Å². The number of hydrogen-bond donors (Lipinski definition) is 2. The molecule has 39 heavy (non-hydrogen) atoms. The number of ether oxygens (including phenoxy) is 1. The van der Waals surface area contributed by atoms with E-state index in [1.165, 1.54) is 69.2 Å². The van der Waals surface area contributed by atoms with Crippen LogP contribution in [0.1, 0.15) is 49.7 Å². The van der Waals surface area contributed by atoms with E-state index in [4.69, 9.17) is 10.5 Å². The van der Waals surface area contributed by atoms with E-state index in [2.05, 4.69) is 32.2 Å². The van der Waals surface area contributed by atoms with E-state index in [1.54, 1.807) is 12.1 Å². The summed E-state index contributed by atoms with van der Waals surface area (Å²) in [6, 6.07) is 16.8. The second-order valence-corrected chi connectivity index (χ2v) is 10.7. The molecule has 1 aromatic heterocycles. The molecule has 2 fully saturated rings. The highest BCUT2D eigenvalue weighted by Crippen LogP contribution is 2.22. The van der Waals surface area contributed by atoms with E-state index < -0.39 is 0 Å². The van der Waals surface area contributed by atoms with Gasteiger partial charge in [-0.15, -0.1) is 4.91 Å². The third kappa shape index (κ3) is 8.52. The van der Waals surface area contributed by atoms with E-state index in [0.29, 0.717) is 13.1 Å². The van der Waals surface area contributed by atoms with Gasteiger partial charge in [0.25, 0.3) is 0 Å². The van der Waals surface area contributed by atoms with E-state index >= 15 is 0 Å². The Morgan fingerprint density at radius 2 is 1.74 bits per heavy atom. The third-order valence-corrected chi connectivity index (χ3v) is 8.11. The van der Waals surface area contributed by atoms with Crippen molar-refractivity contribution in [2.45, 2.75) is 57.5 Å². The number of methoxy groups -OCH3 is 1. The summed E-state index contributed by atoms with van der Waals surface area (Å²) in [4.78, 5) is 19.7. The Balaban J connectivity index is 0.000000202. The van der Waals surface area contributed by atoms with Crippen molar-refractivity contribution in [2.75, 3.05) is 52.9 Å². The summed E-state index contributed by atoms with van der Waals surface area (Å²) in [6.07, 6.45) is 10.8. The van der Waals surface area contributed by atoms with Gasteiger partial charge in [-0.1, -0.05) is 42.8 Å². The lowest BCUT2D eigenvalue weighted by Gasteiger charge is -2.40. The fourth-order valence-electron chi connectivity index (χ4n) is 5.94. The number of rotatable bonds is 11. The van der Waals surface area contributed by atoms with Gasteiger partial charge in [-0.25, -0.2) is 0 Å². The first-order valence-corrected chi connectivity index (χ1v) is 14.6. The molecule has 0 unspecified atom stereocenters. The zero-order valence-electron chi connectivity index (χ0n) is 23.6. The highest BCUT2D eigenvalue weighted by Gasteiger charge is 2.24. The molecule has 0 amide bonds. The van der Waals surface area contributed by atoms with Crippen LogP contribution in [0.5, 0.6) is 5.75 Å². The Hall–Kier alpha value is -2.94. The quantitative estimate of drug-likeness (QED) is 0.260. The molecule has 212 valence electrons. The molecule has 0 spiro atoms. The zero-order valence-corrected chi connectivity index (χ0v) is 23.6. The van der Waals surface area contributed by atoms with Crippen LogP contribution in [0.15, 0.2) is 60.0 Å². The van der Waals surface area contributed by atoms with Gasteiger partial charge in [0.15, 0.2) is 0 Å². The Bertz CT molecular complexity index is 1120. The van der Waals surface area contributed by atoms with Crippen molar-refractivity contribution >= 4 is 10.9 Å². The van der Waals surface area contributed by atoms with Gasteiger partial charge in [-0.05, 0) is 82.4 Å². The minimum absolute atomic E-state index is 0.460. The van der Waals surface area contributed by atoms with Crippen molar-refractivity contribution in [2.24, 2.45) is 11.0 Å². The highest BCUT2D eigenvalue weighted by atomic mass is 16.5. The molecule has 2 aromatic carbocycles. The predicted molar refractivity (Wildman–Crippen MR) is 160 cm³/mol. The summed E-state index contributed by atoms with van der Waals surface area (Å²) in [6.45, 7) is 8.20. The van der Waals surface area contributed by atoms with Crippen LogP contribution in [-0.4, -0.2) is 78.8 Å². The lowest BCUT2D eigenvalue weighted by atomic mass is 10.00. The molecule has 0 aliphatic carbocycles. The smallest absolute Gasteiger partial charge is 0.123 e. The van der Waals surface area contributed by atoms with E-state index in [-0.39, 0.29) is 0 Å². The van der Waals surface area contributed by atoms with Crippen molar-refractivity contribution in [1.29, 1.82) is 0 Å². The molecule has 0 radical (unpaired) electrons. The normalized spacial score (nSPS) is 17.0. The van der Waals surface area contributed by atoms with Crippen LogP contribution in [-0.2, 0) is 13.0 Å². The molecular weight excluding hydrogens is 488 g/mol. The average Bonchev–Trinajstić information content (AvgIpc) is 3.41. The minimum Gasteiger partial charge on any atom is -0.496 e. The number of likely N-dealkylation sites (tertiary alicyclic amines) is 2. The molecule has 0 atom stereocenters. The van der Waals surface area contributed by atoms with Crippen LogP contribution in [0.2, 0.25) is 0 Å². The molecule has 3 N–H and O–H groups in total. The van der Waals surface area contributed by atoms with Crippen LogP contribution < -0.4 is 10.5 Å². The van der Waals surface area contributed by atoms with Crippen molar-refractivity contribution < 1.29 is 4.74 Å². The molecule has 2 aliphatic rings. The van der Waals surface area contributed by atoms with Gasteiger partial charge in [-0.3, -0.25) is 5.01 Å². The zero-order chi connectivity index (χ0) is 27.3. The summed E-state index contributed by atoms with van der Waals surface area (Å²) in [7, 11) is 1.63. The number of H-pyrrole nitrogens is 1. The molecule has 8 heteroatoms. The van der Waals surface area contributed by atoms with Gasteiger partial charge in [0.1, 0.15) is 5.75 Å². The number of nitrogens with one attached hydrogen (secondary N) is 1. The Kier molecular flexibility index (Phi) is 11.6. The fourth-order valence-corrected chi connectivity index (χ4v) is 5.94. The molecule has 3 heterocycles. The lowest BCUT2D eigenvalue weighted by molar-refractivity contribution is 0.0939. The van der Waals surface area contributed by atoms with Crippen molar-refractivity contribution in [3.05, 3.63) is 70.8 Å². The second-order valence-electron chi connectivity index (χ2n) is 10.7. The number of nitrogens with two attached hydrogens (primary N) is 1. The minimum atomic E-state index is 0.460. The summed E-state index contributed by atoms with van der Waals surface area (Å²) in [5.41, 5.74) is 8.97. The van der Waals surface area contributed by atoms with Crippen LogP contribution >= 0.6 is 0 Å². The number of nitroso groups, excluding NO2 is 1. The van der Waals surface area contributed by atoms with Crippen LogP contribution in [0.3, 0.4) is 0 Å². The Morgan fingerprint density at radius 1 is 1.00 bits per heavy atom. The maximum atomic E-state index is 11.1. The second kappa shape index (κ2) is 15.6. The maximum absolute atomic E-state index is 11.1. The number of para-hydroxylation sites is 2. The number of piperidine rings is 2. The number of aromatic amines is 1. The molecule has 5 rings (SSSR count). The molecule has 2 aliphatic heterocycles. The standard InChI is InChI=1S/C19H21N3O2.C12H25N3/c1-24-19-11-5-2-7-16(19)14-22(21-23)12-6-8-15-13-20-18-10-4-3-9-17(15)18;13-6-11-14-9-4-12(5-10-14)15-7-2-1-3-8-15/h2-5,7,9-11,13,20H,6,8,12,14H2,1H3;12H,1-11,13H2. The van der Waals surface area contributed by atoms with Gasteiger partial charge in [-0.2, -0.15) is 0 Å². The van der Waals surface area contributed by atoms with E-state index in [1.807, 2.05) is 42.6 Å². The molecular formula is C31H46N6O2.